The molecule has 24 heavy (non-hydrogen) atoms. The minimum absolute atomic E-state index is 0.184. The van der Waals surface area contributed by atoms with E-state index >= 15 is 0 Å². The summed E-state index contributed by atoms with van der Waals surface area (Å²) in [6.07, 6.45) is 3.82. The molecule has 2 heteroatoms. The van der Waals surface area contributed by atoms with Crippen LogP contribution < -0.4 is 0 Å². The number of hydrogen-bond acceptors (Lipinski definition) is 2. The molecule has 1 aliphatic rings. The SMILES string of the molecule is CC(C)C(=Cc1ccno1)c1ccc2c(c1)C(C)(C)C(C)C2(C)C. The van der Waals surface area contributed by atoms with E-state index in [0.717, 1.165) is 5.76 Å². The normalized spacial score (nSPS) is 22.0. The first-order valence-electron chi connectivity index (χ1n) is 8.93. The second kappa shape index (κ2) is 5.61. The molecule has 1 unspecified atom stereocenters. The Morgan fingerprint density at radius 1 is 1.08 bits per heavy atom. The maximum absolute atomic E-state index is 5.29. The van der Waals surface area contributed by atoms with Crippen molar-refractivity contribution in [1.82, 2.24) is 5.16 Å². The molecule has 0 fully saturated rings. The highest BCUT2D eigenvalue weighted by atomic mass is 16.5. The van der Waals surface area contributed by atoms with Gasteiger partial charge < -0.3 is 4.52 Å². The molecule has 1 aromatic heterocycles. The Balaban J connectivity index is 2.13. The molecule has 0 radical (unpaired) electrons. The average Bonchev–Trinajstić information content (AvgIpc) is 3.07. The number of fused-ring (bicyclic) bond motifs is 1. The van der Waals surface area contributed by atoms with Crippen molar-refractivity contribution in [2.24, 2.45) is 11.8 Å². The summed E-state index contributed by atoms with van der Waals surface area (Å²) >= 11 is 0. The molecule has 2 aromatic rings. The lowest BCUT2D eigenvalue weighted by molar-refractivity contribution is 0.264. The molecule has 0 N–H and O–H groups in total. The highest BCUT2D eigenvalue weighted by Crippen LogP contribution is 2.54. The molecule has 1 heterocycles. The number of allylic oxidation sites excluding steroid dienone is 1. The van der Waals surface area contributed by atoms with Crippen molar-refractivity contribution in [3.8, 4) is 0 Å². The summed E-state index contributed by atoms with van der Waals surface area (Å²) in [4.78, 5) is 0. The molecule has 2 nitrogen and oxygen atoms in total. The highest BCUT2D eigenvalue weighted by Gasteiger charge is 2.48. The fourth-order valence-corrected chi connectivity index (χ4v) is 4.22. The van der Waals surface area contributed by atoms with Crippen molar-refractivity contribution in [3.05, 3.63) is 52.9 Å². The van der Waals surface area contributed by atoms with Crippen molar-refractivity contribution in [2.45, 2.75) is 59.3 Å². The average molecular weight is 323 g/mol. The minimum Gasteiger partial charge on any atom is -0.357 e. The minimum atomic E-state index is 0.184. The van der Waals surface area contributed by atoms with Gasteiger partial charge in [-0.15, -0.1) is 0 Å². The lowest BCUT2D eigenvalue weighted by Gasteiger charge is -2.32. The maximum atomic E-state index is 5.29. The Labute approximate surface area is 146 Å². The first kappa shape index (κ1) is 17.0. The zero-order valence-corrected chi connectivity index (χ0v) is 16.0. The van der Waals surface area contributed by atoms with E-state index in [-0.39, 0.29) is 10.8 Å². The molecule has 0 bridgehead atoms. The molecule has 0 saturated carbocycles. The second-order valence-corrected chi connectivity index (χ2v) is 8.59. The van der Waals surface area contributed by atoms with Crippen molar-refractivity contribution in [1.29, 1.82) is 0 Å². The largest absolute Gasteiger partial charge is 0.357 e. The number of hydrogen-bond donors (Lipinski definition) is 0. The number of nitrogens with zero attached hydrogens (tertiary/aromatic N) is 1. The molecule has 0 saturated heterocycles. The van der Waals surface area contributed by atoms with Crippen LogP contribution in [0.4, 0.5) is 0 Å². The summed E-state index contributed by atoms with van der Waals surface area (Å²) in [5.74, 6) is 1.84. The van der Waals surface area contributed by atoms with E-state index in [1.54, 1.807) is 6.20 Å². The predicted molar refractivity (Wildman–Crippen MR) is 101 cm³/mol. The second-order valence-electron chi connectivity index (χ2n) is 8.59. The molecular weight excluding hydrogens is 294 g/mol. The Morgan fingerprint density at radius 2 is 1.75 bits per heavy atom. The van der Waals surface area contributed by atoms with E-state index in [9.17, 15) is 0 Å². The summed E-state index contributed by atoms with van der Waals surface area (Å²) in [5, 5.41) is 3.82. The van der Waals surface area contributed by atoms with Crippen LogP contribution in [0.3, 0.4) is 0 Å². The Hall–Kier alpha value is -1.83. The number of rotatable bonds is 3. The predicted octanol–water partition coefficient (Wildman–Crippen LogP) is 6.08. The Bertz CT molecular complexity index is 763. The summed E-state index contributed by atoms with van der Waals surface area (Å²) < 4.78 is 5.29. The standard InChI is InChI=1S/C22H29NO/c1-14(2)18(13-17-10-11-23-24-17)16-8-9-19-20(12-16)22(6,7)15(3)21(19,4)5/h8-15H,1-7H3. The van der Waals surface area contributed by atoms with Crippen LogP contribution >= 0.6 is 0 Å². The maximum Gasteiger partial charge on any atom is 0.159 e. The van der Waals surface area contributed by atoms with Crippen molar-refractivity contribution in [2.75, 3.05) is 0 Å². The number of aromatic nitrogens is 1. The van der Waals surface area contributed by atoms with Gasteiger partial charge in [-0.25, -0.2) is 0 Å². The zero-order chi connectivity index (χ0) is 17.7. The van der Waals surface area contributed by atoms with Crippen LogP contribution in [0.15, 0.2) is 35.0 Å². The third-order valence-electron chi connectivity index (χ3n) is 6.28. The molecular formula is C22H29NO. The van der Waals surface area contributed by atoms with Gasteiger partial charge in [0.2, 0.25) is 0 Å². The third-order valence-corrected chi connectivity index (χ3v) is 6.28. The van der Waals surface area contributed by atoms with Crippen LogP contribution in [0.2, 0.25) is 0 Å². The van der Waals surface area contributed by atoms with Gasteiger partial charge in [0.1, 0.15) is 0 Å². The van der Waals surface area contributed by atoms with Gasteiger partial charge in [0.15, 0.2) is 5.76 Å². The summed E-state index contributed by atoms with van der Waals surface area (Å²) in [6, 6.07) is 8.93. The monoisotopic (exact) mass is 323 g/mol. The topological polar surface area (TPSA) is 26.0 Å². The van der Waals surface area contributed by atoms with E-state index in [0.29, 0.717) is 11.8 Å². The smallest absolute Gasteiger partial charge is 0.159 e. The summed E-state index contributed by atoms with van der Waals surface area (Å²) in [5.41, 5.74) is 5.96. The van der Waals surface area contributed by atoms with E-state index in [1.165, 1.54) is 22.3 Å². The molecule has 1 aromatic carbocycles. The van der Waals surface area contributed by atoms with E-state index in [1.807, 2.05) is 6.07 Å². The highest BCUT2D eigenvalue weighted by molar-refractivity contribution is 5.81. The van der Waals surface area contributed by atoms with Gasteiger partial charge in [-0.3, -0.25) is 0 Å². The van der Waals surface area contributed by atoms with Gasteiger partial charge in [-0.1, -0.05) is 71.8 Å². The van der Waals surface area contributed by atoms with Gasteiger partial charge in [0.05, 0.1) is 6.20 Å². The van der Waals surface area contributed by atoms with E-state index in [2.05, 4.69) is 77.9 Å². The molecule has 3 rings (SSSR count). The van der Waals surface area contributed by atoms with Gasteiger partial charge in [-0.2, -0.15) is 0 Å². The molecule has 1 aliphatic carbocycles. The van der Waals surface area contributed by atoms with Gasteiger partial charge in [0.25, 0.3) is 0 Å². The van der Waals surface area contributed by atoms with E-state index in [4.69, 9.17) is 4.52 Å². The quantitative estimate of drug-likeness (QED) is 0.684. The summed E-state index contributed by atoms with van der Waals surface area (Å²) in [6.45, 7) is 16.3. The van der Waals surface area contributed by atoms with Gasteiger partial charge in [-0.05, 0) is 51.0 Å². The Kier molecular flexibility index (Phi) is 3.98. The lowest BCUT2D eigenvalue weighted by Crippen LogP contribution is -2.30. The van der Waals surface area contributed by atoms with Crippen LogP contribution in [-0.4, -0.2) is 5.16 Å². The van der Waals surface area contributed by atoms with Gasteiger partial charge >= 0.3 is 0 Å². The molecule has 0 amide bonds. The number of benzene rings is 1. The van der Waals surface area contributed by atoms with Crippen LogP contribution in [0.5, 0.6) is 0 Å². The summed E-state index contributed by atoms with van der Waals surface area (Å²) in [7, 11) is 0. The van der Waals surface area contributed by atoms with E-state index < -0.39 is 0 Å². The van der Waals surface area contributed by atoms with Crippen LogP contribution in [0.1, 0.15) is 70.9 Å². The molecule has 0 aliphatic heterocycles. The first-order valence-corrected chi connectivity index (χ1v) is 8.93. The van der Waals surface area contributed by atoms with Gasteiger partial charge in [0, 0.05) is 6.07 Å². The first-order chi connectivity index (χ1) is 11.2. The van der Waals surface area contributed by atoms with Crippen LogP contribution in [-0.2, 0) is 10.8 Å². The molecule has 0 spiro atoms. The Morgan fingerprint density at radius 3 is 2.33 bits per heavy atom. The van der Waals surface area contributed by atoms with Crippen molar-refractivity contribution >= 4 is 11.6 Å². The van der Waals surface area contributed by atoms with Crippen molar-refractivity contribution < 1.29 is 4.52 Å². The molecule has 128 valence electrons. The van der Waals surface area contributed by atoms with Crippen molar-refractivity contribution in [3.63, 3.8) is 0 Å². The zero-order valence-electron chi connectivity index (χ0n) is 16.0. The fourth-order valence-electron chi connectivity index (χ4n) is 4.22. The van der Waals surface area contributed by atoms with Crippen LogP contribution in [0.25, 0.3) is 11.6 Å². The van der Waals surface area contributed by atoms with Crippen LogP contribution in [0, 0.1) is 11.8 Å². The lowest BCUT2D eigenvalue weighted by atomic mass is 9.71. The third kappa shape index (κ3) is 2.53. The fraction of sp³-hybridized carbons (Fsp3) is 0.500. The molecule has 1 atom stereocenters.